The molecule has 2 saturated heterocycles. The SMILES string of the molecule is O=C(C[NH+]1CCC[C@H]1c1cccs1)N1CCC(c2nc3ccccc3s2)CC1. The molecule has 1 N–H and O–H groups in total. The number of nitrogens with zero attached hydrogens (tertiary/aromatic N) is 2. The van der Waals surface area contributed by atoms with Crippen molar-refractivity contribution in [3.05, 3.63) is 51.7 Å². The monoisotopic (exact) mass is 412 g/mol. The van der Waals surface area contributed by atoms with Gasteiger partial charge in [0.05, 0.1) is 26.6 Å². The number of aromatic nitrogens is 1. The standard InChI is InChI=1S/C22H25N3OS2/c26-21(15-25-11-3-6-18(25)20-8-4-14-27-20)24-12-9-16(10-13-24)22-23-17-5-1-2-7-19(17)28-22/h1-2,4-5,7-8,14,16,18H,3,6,9-13,15H2/p+1/t18-/m0/s1. The summed E-state index contributed by atoms with van der Waals surface area (Å²) in [5.74, 6) is 0.834. The van der Waals surface area contributed by atoms with E-state index >= 15 is 0 Å². The number of hydrogen-bond donors (Lipinski definition) is 1. The minimum absolute atomic E-state index is 0.334. The van der Waals surface area contributed by atoms with Gasteiger partial charge in [0, 0.05) is 31.8 Å². The van der Waals surface area contributed by atoms with E-state index in [1.54, 1.807) is 0 Å². The van der Waals surface area contributed by atoms with Crippen molar-refractivity contribution in [2.75, 3.05) is 26.2 Å². The van der Waals surface area contributed by atoms with Crippen LogP contribution in [0.2, 0.25) is 0 Å². The molecular formula is C22H26N3OS2+. The summed E-state index contributed by atoms with van der Waals surface area (Å²) < 4.78 is 1.27. The Labute approximate surface area is 173 Å². The number of benzene rings is 1. The third-order valence-electron chi connectivity index (χ3n) is 6.26. The Hall–Kier alpha value is -1.76. The summed E-state index contributed by atoms with van der Waals surface area (Å²) in [7, 11) is 0. The lowest BCUT2D eigenvalue weighted by molar-refractivity contribution is -0.910. The number of thiazole rings is 1. The van der Waals surface area contributed by atoms with Crippen molar-refractivity contribution < 1.29 is 9.69 Å². The van der Waals surface area contributed by atoms with Crippen LogP contribution in [0.3, 0.4) is 0 Å². The molecule has 5 rings (SSSR count). The first-order chi connectivity index (χ1) is 13.8. The number of quaternary nitrogens is 1. The van der Waals surface area contributed by atoms with Crippen LogP contribution in [0.25, 0.3) is 10.2 Å². The predicted molar refractivity (Wildman–Crippen MR) is 115 cm³/mol. The number of fused-ring (bicyclic) bond motifs is 1. The lowest BCUT2D eigenvalue weighted by atomic mass is 9.97. The third-order valence-corrected chi connectivity index (χ3v) is 8.44. The molecule has 2 fully saturated rings. The average molecular weight is 413 g/mol. The maximum Gasteiger partial charge on any atom is 0.277 e. The van der Waals surface area contributed by atoms with Crippen LogP contribution in [0.15, 0.2) is 41.8 Å². The van der Waals surface area contributed by atoms with Gasteiger partial charge in [-0.05, 0) is 36.4 Å². The van der Waals surface area contributed by atoms with Crippen LogP contribution in [0, 0.1) is 0 Å². The molecule has 2 atom stereocenters. The molecule has 146 valence electrons. The number of amides is 1. The average Bonchev–Trinajstić information content (AvgIpc) is 3.47. The molecule has 4 heterocycles. The predicted octanol–water partition coefficient (Wildman–Crippen LogP) is 3.48. The van der Waals surface area contributed by atoms with Crippen molar-refractivity contribution >= 4 is 38.8 Å². The number of nitrogens with one attached hydrogen (secondary N) is 1. The summed E-state index contributed by atoms with van der Waals surface area (Å²) in [6.45, 7) is 3.51. The molecule has 0 bridgehead atoms. The number of thiophene rings is 1. The molecule has 1 amide bonds. The van der Waals surface area contributed by atoms with Gasteiger partial charge in [-0.1, -0.05) is 18.2 Å². The fourth-order valence-corrected chi connectivity index (χ4v) is 6.76. The molecule has 28 heavy (non-hydrogen) atoms. The molecule has 2 aliphatic heterocycles. The lowest BCUT2D eigenvalue weighted by Crippen LogP contribution is -3.11. The van der Waals surface area contributed by atoms with Crippen LogP contribution < -0.4 is 4.90 Å². The van der Waals surface area contributed by atoms with Gasteiger partial charge in [0.2, 0.25) is 0 Å². The molecule has 1 unspecified atom stereocenters. The highest BCUT2D eigenvalue weighted by Crippen LogP contribution is 2.33. The molecule has 0 saturated carbocycles. The number of hydrogen-bond acceptors (Lipinski definition) is 4. The van der Waals surface area contributed by atoms with Gasteiger partial charge in [-0.15, -0.1) is 22.7 Å². The van der Waals surface area contributed by atoms with Gasteiger partial charge < -0.3 is 9.80 Å². The molecular weight excluding hydrogens is 386 g/mol. The first kappa shape index (κ1) is 18.3. The van der Waals surface area contributed by atoms with Crippen LogP contribution in [0.5, 0.6) is 0 Å². The highest BCUT2D eigenvalue weighted by molar-refractivity contribution is 7.18. The van der Waals surface area contributed by atoms with Crippen LogP contribution in [0.4, 0.5) is 0 Å². The summed E-state index contributed by atoms with van der Waals surface area (Å²) >= 11 is 3.66. The molecule has 6 heteroatoms. The van der Waals surface area contributed by atoms with Gasteiger partial charge in [0.15, 0.2) is 6.54 Å². The van der Waals surface area contributed by atoms with Crippen molar-refractivity contribution in [2.24, 2.45) is 0 Å². The minimum Gasteiger partial charge on any atom is -0.338 e. The van der Waals surface area contributed by atoms with E-state index < -0.39 is 0 Å². The number of likely N-dealkylation sites (tertiary alicyclic amines) is 2. The highest BCUT2D eigenvalue weighted by Gasteiger charge is 2.34. The van der Waals surface area contributed by atoms with E-state index in [2.05, 4.69) is 46.7 Å². The molecule has 0 radical (unpaired) electrons. The Balaban J connectivity index is 1.19. The summed E-state index contributed by atoms with van der Waals surface area (Å²) in [6.07, 6.45) is 4.51. The third kappa shape index (κ3) is 3.61. The Morgan fingerprint density at radius 2 is 2.00 bits per heavy atom. The Bertz CT molecular complexity index is 911. The zero-order chi connectivity index (χ0) is 18.9. The smallest absolute Gasteiger partial charge is 0.277 e. The Morgan fingerprint density at radius 1 is 1.14 bits per heavy atom. The number of rotatable bonds is 4. The van der Waals surface area contributed by atoms with Crippen molar-refractivity contribution in [1.29, 1.82) is 0 Å². The van der Waals surface area contributed by atoms with E-state index in [4.69, 9.17) is 4.98 Å². The van der Waals surface area contributed by atoms with Crippen molar-refractivity contribution in [2.45, 2.75) is 37.6 Å². The number of carbonyl (C=O) groups excluding carboxylic acids is 1. The van der Waals surface area contributed by atoms with E-state index in [1.807, 2.05) is 22.7 Å². The maximum absolute atomic E-state index is 12.9. The van der Waals surface area contributed by atoms with Crippen LogP contribution >= 0.6 is 22.7 Å². The van der Waals surface area contributed by atoms with Gasteiger partial charge in [-0.3, -0.25) is 4.79 Å². The second-order valence-electron chi connectivity index (χ2n) is 7.97. The second kappa shape index (κ2) is 7.93. The fraction of sp³-hybridized carbons (Fsp3) is 0.455. The van der Waals surface area contributed by atoms with E-state index in [1.165, 1.54) is 32.3 Å². The van der Waals surface area contributed by atoms with Crippen LogP contribution in [0.1, 0.15) is 47.5 Å². The highest BCUT2D eigenvalue weighted by atomic mass is 32.1. The zero-order valence-electron chi connectivity index (χ0n) is 16.0. The van der Waals surface area contributed by atoms with Gasteiger partial charge in [0.1, 0.15) is 6.04 Å². The normalized spacial score (nSPS) is 23.5. The largest absolute Gasteiger partial charge is 0.338 e. The van der Waals surface area contributed by atoms with Crippen molar-refractivity contribution in [1.82, 2.24) is 9.88 Å². The number of carbonyl (C=O) groups is 1. The van der Waals surface area contributed by atoms with E-state index in [0.717, 1.165) is 38.0 Å². The Kier molecular flexibility index (Phi) is 5.18. The topological polar surface area (TPSA) is 37.6 Å². The maximum atomic E-state index is 12.9. The number of piperidine rings is 1. The molecule has 3 aromatic rings. The number of para-hydroxylation sites is 1. The summed E-state index contributed by atoms with van der Waals surface area (Å²) in [6, 6.07) is 13.3. The van der Waals surface area contributed by atoms with E-state index in [-0.39, 0.29) is 0 Å². The molecule has 1 aromatic carbocycles. The molecule has 0 aliphatic carbocycles. The summed E-state index contributed by atoms with van der Waals surface area (Å²) in [4.78, 5) is 22.8. The first-order valence-electron chi connectivity index (χ1n) is 10.3. The first-order valence-corrected chi connectivity index (χ1v) is 12.0. The van der Waals surface area contributed by atoms with Gasteiger partial charge in [0.25, 0.3) is 5.91 Å². The molecule has 4 nitrogen and oxygen atoms in total. The van der Waals surface area contributed by atoms with Crippen molar-refractivity contribution in [3.63, 3.8) is 0 Å². The molecule has 0 spiro atoms. The summed E-state index contributed by atoms with van der Waals surface area (Å²) in [5, 5.41) is 3.40. The molecule has 2 aromatic heterocycles. The van der Waals surface area contributed by atoms with Crippen molar-refractivity contribution in [3.8, 4) is 0 Å². The van der Waals surface area contributed by atoms with E-state index in [9.17, 15) is 4.79 Å². The van der Waals surface area contributed by atoms with Crippen LogP contribution in [-0.2, 0) is 4.79 Å². The van der Waals surface area contributed by atoms with Gasteiger partial charge in [-0.2, -0.15) is 0 Å². The van der Waals surface area contributed by atoms with Crippen LogP contribution in [-0.4, -0.2) is 42.0 Å². The molecule has 2 aliphatic rings. The zero-order valence-corrected chi connectivity index (χ0v) is 17.6. The lowest BCUT2D eigenvalue weighted by Gasteiger charge is -2.32. The minimum atomic E-state index is 0.334. The fourth-order valence-electron chi connectivity index (χ4n) is 4.70. The Morgan fingerprint density at radius 3 is 2.79 bits per heavy atom. The van der Waals surface area contributed by atoms with E-state index in [0.29, 0.717) is 24.4 Å². The quantitative estimate of drug-likeness (QED) is 0.712. The van der Waals surface area contributed by atoms with Gasteiger partial charge >= 0.3 is 0 Å². The second-order valence-corrected chi connectivity index (χ2v) is 10.0. The summed E-state index contributed by atoms with van der Waals surface area (Å²) in [5.41, 5.74) is 1.11. The van der Waals surface area contributed by atoms with Gasteiger partial charge in [-0.25, -0.2) is 4.98 Å².